The number of thiazole rings is 1. The Morgan fingerprint density at radius 3 is 2.90 bits per heavy atom. The molecule has 3 fully saturated rings. The lowest BCUT2D eigenvalue weighted by Gasteiger charge is -2.45. The molecule has 2 saturated heterocycles. The van der Waals surface area contributed by atoms with Gasteiger partial charge in [-0.05, 0) is 52.2 Å². The monoisotopic (exact) mass is 442 g/mol. The molecule has 3 amide bonds. The van der Waals surface area contributed by atoms with Gasteiger partial charge in [0, 0.05) is 18.5 Å². The molecule has 8 nitrogen and oxygen atoms in total. The molecule has 0 radical (unpaired) electrons. The highest BCUT2D eigenvalue weighted by molar-refractivity contribution is 7.22. The van der Waals surface area contributed by atoms with E-state index in [1.54, 1.807) is 4.90 Å². The van der Waals surface area contributed by atoms with Gasteiger partial charge < -0.3 is 19.7 Å². The molecule has 1 aliphatic carbocycles. The van der Waals surface area contributed by atoms with E-state index < -0.39 is 5.60 Å². The number of likely N-dealkylation sites (tertiary alicyclic amines) is 1. The maximum Gasteiger partial charge on any atom is 0.410 e. The van der Waals surface area contributed by atoms with Crippen molar-refractivity contribution in [3.63, 3.8) is 0 Å². The Labute approximate surface area is 184 Å². The van der Waals surface area contributed by atoms with E-state index in [1.165, 1.54) is 11.3 Å². The maximum absolute atomic E-state index is 13.1. The third-order valence-corrected chi connectivity index (χ3v) is 7.76. The van der Waals surface area contributed by atoms with E-state index in [0.29, 0.717) is 24.7 Å². The fraction of sp³-hybridized carbons (Fsp3) is 0.591. The SMILES string of the molecule is CC(C)(C)OC(=O)N1CC[C@@H]2NC(=O)N(c3nc4c5c(ccc4s3)OCC5)[C@@H]2C12CC2. The molecule has 2 aromatic rings. The smallest absolute Gasteiger partial charge is 0.410 e. The van der Waals surface area contributed by atoms with E-state index in [2.05, 4.69) is 5.32 Å². The number of hydrogen-bond acceptors (Lipinski definition) is 6. The Balaban J connectivity index is 1.38. The second-order valence-corrected chi connectivity index (χ2v) is 10.9. The number of carbonyl (C=O) groups excluding carboxylic acids is 2. The first-order valence-electron chi connectivity index (χ1n) is 10.9. The zero-order valence-corrected chi connectivity index (χ0v) is 18.8. The van der Waals surface area contributed by atoms with Gasteiger partial charge in [0.05, 0.1) is 34.4 Å². The molecule has 2 atom stereocenters. The first kappa shape index (κ1) is 19.2. The predicted molar refractivity (Wildman–Crippen MR) is 117 cm³/mol. The van der Waals surface area contributed by atoms with Crippen LogP contribution in [0.2, 0.25) is 0 Å². The number of hydrogen-bond donors (Lipinski definition) is 1. The molecular weight excluding hydrogens is 416 g/mol. The molecule has 0 unspecified atom stereocenters. The van der Waals surface area contributed by atoms with E-state index in [-0.39, 0.29) is 29.7 Å². The Hall–Kier alpha value is -2.55. The Morgan fingerprint density at radius 1 is 1.35 bits per heavy atom. The molecule has 31 heavy (non-hydrogen) atoms. The second kappa shape index (κ2) is 6.25. The van der Waals surface area contributed by atoms with Gasteiger partial charge in [-0.3, -0.25) is 4.90 Å². The average Bonchev–Trinajstić information content (AvgIpc) is 3.06. The van der Waals surface area contributed by atoms with Crippen LogP contribution in [0.15, 0.2) is 12.1 Å². The van der Waals surface area contributed by atoms with E-state index in [0.717, 1.165) is 40.8 Å². The number of amides is 3. The first-order valence-corrected chi connectivity index (χ1v) is 11.7. The van der Waals surface area contributed by atoms with Gasteiger partial charge in [0.1, 0.15) is 11.4 Å². The summed E-state index contributed by atoms with van der Waals surface area (Å²) in [5.74, 6) is 0.889. The fourth-order valence-electron chi connectivity index (χ4n) is 5.36. The van der Waals surface area contributed by atoms with Gasteiger partial charge in [0.25, 0.3) is 0 Å². The number of benzene rings is 1. The van der Waals surface area contributed by atoms with E-state index >= 15 is 0 Å². The fourth-order valence-corrected chi connectivity index (χ4v) is 6.39. The number of ether oxygens (including phenoxy) is 2. The number of rotatable bonds is 1. The summed E-state index contributed by atoms with van der Waals surface area (Å²) in [5, 5.41) is 3.85. The zero-order valence-electron chi connectivity index (χ0n) is 17.9. The van der Waals surface area contributed by atoms with Crippen molar-refractivity contribution in [2.24, 2.45) is 0 Å². The number of nitrogens with one attached hydrogen (secondary N) is 1. The van der Waals surface area contributed by atoms with Gasteiger partial charge in [-0.15, -0.1) is 0 Å². The van der Waals surface area contributed by atoms with E-state index in [4.69, 9.17) is 14.5 Å². The highest BCUT2D eigenvalue weighted by Gasteiger charge is 2.66. The van der Waals surface area contributed by atoms with Crippen LogP contribution in [0.5, 0.6) is 5.75 Å². The number of piperidine rings is 1. The van der Waals surface area contributed by atoms with Crippen LogP contribution in [-0.4, -0.2) is 58.4 Å². The molecule has 1 aromatic carbocycles. The molecule has 1 aromatic heterocycles. The van der Waals surface area contributed by atoms with Crippen LogP contribution in [0, 0.1) is 0 Å². The van der Waals surface area contributed by atoms with Crippen molar-refractivity contribution in [3.8, 4) is 5.75 Å². The summed E-state index contributed by atoms with van der Waals surface area (Å²) in [6.07, 6.45) is 2.99. The lowest BCUT2D eigenvalue weighted by atomic mass is 9.89. The summed E-state index contributed by atoms with van der Waals surface area (Å²) >= 11 is 1.53. The molecule has 3 aliphatic heterocycles. The number of urea groups is 1. The number of fused-ring (bicyclic) bond motifs is 5. The van der Waals surface area contributed by atoms with Crippen LogP contribution >= 0.6 is 11.3 Å². The molecule has 6 rings (SSSR count). The van der Waals surface area contributed by atoms with Crippen molar-refractivity contribution in [1.82, 2.24) is 15.2 Å². The first-order chi connectivity index (χ1) is 14.8. The molecule has 0 bridgehead atoms. The van der Waals surface area contributed by atoms with Gasteiger partial charge in [-0.2, -0.15) is 0 Å². The van der Waals surface area contributed by atoms with Gasteiger partial charge in [-0.1, -0.05) is 11.3 Å². The number of anilines is 1. The van der Waals surface area contributed by atoms with Crippen LogP contribution in [0.25, 0.3) is 10.2 Å². The molecule has 1 spiro atoms. The minimum absolute atomic E-state index is 0.00903. The van der Waals surface area contributed by atoms with Gasteiger partial charge in [0.2, 0.25) is 0 Å². The summed E-state index contributed by atoms with van der Waals surface area (Å²) in [7, 11) is 0. The minimum atomic E-state index is -0.553. The normalized spacial score (nSPS) is 26.0. The van der Waals surface area contributed by atoms with Crippen molar-refractivity contribution in [2.45, 2.75) is 69.7 Å². The summed E-state index contributed by atoms with van der Waals surface area (Å²) in [6.45, 7) is 6.91. The second-order valence-electron chi connectivity index (χ2n) is 9.88. The van der Waals surface area contributed by atoms with Crippen molar-refractivity contribution in [3.05, 3.63) is 17.7 Å². The predicted octanol–water partition coefficient (Wildman–Crippen LogP) is 3.67. The standard InChI is InChI=1S/C22H26N4O4S/c1-21(2,3)30-20(28)25-10-6-13-17(22(25)8-9-22)26(18(27)23-13)19-24-16-12-7-11-29-14(12)4-5-15(16)31-19/h4-5,13,17H,6-11H2,1-3H3,(H,23,27)/t13-,17-/m0/s1. The third kappa shape index (κ3) is 2.82. The summed E-state index contributed by atoms with van der Waals surface area (Å²) in [5.41, 5.74) is 1.11. The van der Waals surface area contributed by atoms with Crippen molar-refractivity contribution < 1.29 is 19.1 Å². The van der Waals surface area contributed by atoms with Gasteiger partial charge >= 0.3 is 12.1 Å². The van der Waals surface area contributed by atoms with Crippen LogP contribution in [0.3, 0.4) is 0 Å². The summed E-state index contributed by atoms with van der Waals surface area (Å²) < 4.78 is 12.4. The molecule has 164 valence electrons. The molecule has 4 aliphatic rings. The topological polar surface area (TPSA) is 84.0 Å². The molecular formula is C22H26N4O4S. The number of carbonyl (C=O) groups is 2. The quantitative estimate of drug-likeness (QED) is 0.729. The van der Waals surface area contributed by atoms with Crippen molar-refractivity contribution >= 4 is 38.8 Å². The number of aromatic nitrogens is 1. The highest BCUT2D eigenvalue weighted by atomic mass is 32.1. The lowest BCUT2D eigenvalue weighted by Crippen LogP contribution is -2.63. The Kier molecular flexibility index (Phi) is 3.86. The van der Waals surface area contributed by atoms with Crippen LogP contribution in [0.4, 0.5) is 14.7 Å². The summed E-state index contributed by atoms with van der Waals surface area (Å²) in [4.78, 5) is 34.7. The zero-order chi connectivity index (χ0) is 21.5. The average molecular weight is 443 g/mol. The largest absolute Gasteiger partial charge is 0.493 e. The van der Waals surface area contributed by atoms with Crippen LogP contribution in [-0.2, 0) is 11.2 Å². The lowest BCUT2D eigenvalue weighted by molar-refractivity contribution is 0.000830. The molecule has 1 N–H and O–H groups in total. The highest BCUT2D eigenvalue weighted by Crippen LogP contribution is 2.53. The number of nitrogens with zero attached hydrogens (tertiary/aromatic N) is 3. The van der Waals surface area contributed by atoms with Crippen molar-refractivity contribution in [2.75, 3.05) is 18.1 Å². The van der Waals surface area contributed by atoms with Gasteiger partial charge in [-0.25, -0.2) is 14.6 Å². The summed E-state index contributed by atoms with van der Waals surface area (Å²) in [6, 6.07) is 3.76. The molecule has 4 heterocycles. The van der Waals surface area contributed by atoms with Crippen LogP contribution < -0.4 is 15.0 Å². The van der Waals surface area contributed by atoms with E-state index in [1.807, 2.05) is 37.8 Å². The van der Waals surface area contributed by atoms with Crippen molar-refractivity contribution in [1.29, 1.82) is 0 Å². The van der Waals surface area contributed by atoms with Gasteiger partial charge in [0.15, 0.2) is 5.13 Å². The molecule has 1 saturated carbocycles. The Bertz CT molecular complexity index is 1100. The molecule has 9 heteroatoms. The third-order valence-electron chi connectivity index (χ3n) is 6.74. The van der Waals surface area contributed by atoms with E-state index in [9.17, 15) is 9.59 Å². The maximum atomic E-state index is 13.1. The Morgan fingerprint density at radius 2 is 2.16 bits per heavy atom. The minimum Gasteiger partial charge on any atom is -0.493 e. The van der Waals surface area contributed by atoms with Crippen LogP contribution in [0.1, 0.15) is 45.6 Å².